The van der Waals surface area contributed by atoms with Gasteiger partial charge in [0, 0.05) is 5.02 Å². The molecule has 0 aliphatic heterocycles. The molecule has 0 bridgehead atoms. The molecule has 0 fully saturated rings. The van der Waals surface area contributed by atoms with Gasteiger partial charge in [-0.3, -0.25) is 0 Å². The molecule has 0 aromatic heterocycles. The van der Waals surface area contributed by atoms with Crippen molar-refractivity contribution in [1.29, 1.82) is 0 Å². The van der Waals surface area contributed by atoms with Gasteiger partial charge in [0.15, 0.2) is 0 Å². The quantitative estimate of drug-likeness (QED) is 0.616. The molecule has 0 aliphatic rings. The zero-order valence-electron chi connectivity index (χ0n) is 12.6. The van der Waals surface area contributed by atoms with E-state index in [0.29, 0.717) is 16.6 Å². The second kappa shape index (κ2) is 6.71. The predicted molar refractivity (Wildman–Crippen MR) is 94.4 cm³/mol. The molecule has 5 heteroatoms. The van der Waals surface area contributed by atoms with E-state index in [0.717, 1.165) is 0 Å². The van der Waals surface area contributed by atoms with Crippen LogP contribution in [0.3, 0.4) is 0 Å². The van der Waals surface area contributed by atoms with Gasteiger partial charge in [0.2, 0.25) is 0 Å². The maximum absolute atomic E-state index is 13.1. The van der Waals surface area contributed by atoms with Crippen molar-refractivity contribution in [3.05, 3.63) is 64.9 Å². The Morgan fingerprint density at radius 1 is 1.05 bits per heavy atom. The van der Waals surface area contributed by atoms with Crippen molar-refractivity contribution in [1.82, 2.24) is 0 Å². The summed E-state index contributed by atoms with van der Waals surface area (Å²) in [5.41, 5.74) is -0.511. The number of rotatable bonds is 5. The van der Waals surface area contributed by atoms with Gasteiger partial charge in [-0.1, -0.05) is 54.1 Å². The molecule has 0 amide bonds. The Morgan fingerprint density at radius 3 is 2.09 bits per heavy atom. The molecule has 0 saturated carbocycles. The van der Waals surface area contributed by atoms with Crippen LogP contribution in [-0.2, 0) is 5.60 Å². The van der Waals surface area contributed by atoms with Crippen molar-refractivity contribution < 1.29 is 9.50 Å². The van der Waals surface area contributed by atoms with Gasteiger partial charge >= 0.3 is 0 Å². The summed E-state index contributed by atoms with van der Waals surface area (Å²) < 4.78 is 13.1. The Hall–Kier alpha value is -0.873. The molecule has 1 atom stereocenters. The van der Waals surface area contributed by atoms with Gasteiger partial charge < -0.3 is 5.11 Å². The smallest absolute Gasteiger partial charge is 0.123 e. The molecule has 0 heterocycles. The minimum Gasteiger partial charge on any atom is -0.384 e. The third-order valence-corrected chi connectivity index (χ3v) is 8.02. The van der Waals surface area contributed by atoms with Gasteiger partial charge in [0.05, 0.1) is 14.0 Å². The van der Waals surface area contributed by atoms with E-state index >= 15 is 0 Å². The fourth-order valence-corrected chi connectivity index (χ4v) is 6.32. The summed E-state index contributed by atoms with van der Waals surface area (Å²) in [5, 5.41) is 12.9. The summed E-state index contributed by atoms with van der Waals surface area (Å²) in [6.07, 6.45) is 0. The first-order chi connectivity index (χ1) is 10.3. The van der Waals surface area contributed by atoms with Crippen LogP contribution in [0.25, 0.3) is 0 Å². The highest BCUT2D eigenvalue weighted by Crippen LogP contribution is 2.32. The van der Waals surface area contributed by atoms with Crippen molar-refractivity contribution in [2.24, 2.45) is 0 Å². The van der Waals surface area contributed by atoms with E-state index in [1.165, 1.54) is 17.3 Å². The highest BCUT2D eigenvalue weighted by Gasteiger charge is 2.37. The Bertz CT molecular complexity index is 628. The third-order valence-electron chi connectivity index (χ3n) is 3.96. The van der Waals surface area contributed by atoms with E-state index in [9.17, 15) is 9.50 Å². The van der Waals surface area contributed by atoms with Crippen LogP contribution < -0.4 is 5.19 Å². The average molecular weight is 357 g/mol. The van der Waals surface area contributed by atoms with Crippen molar-refractivity contribution in [3.8, 4) is 0 Å². The third kappa shape index (κ3) is 3.90. The molecule has 0 radical (unpaired) electrons. The SMILES string of the molecule is C[Si](C)(CC(O)(CCl)c1ccc(F)cc1)c1ccc(Cl)cc1. The average Bonchev–Trinajstić information content (AvgIpc) is 2.47. The number of halogens is 3. The zero-order chi connectivity index (χ0) is 16.4. The fraction of sp³-hybridized carbons (Fsp3) is 0.294. The van der Waals surface area contributed by atoms with Gasteiger partial charge in [0.25, 0.3) is 0 Å². The maximum atomic E-state index is 13.1. The molecule has 2 aromatic rings. The lowest BCUT2D eigenvalue weighted by Gasteiger charge is -2.34. The maximum Gasteiger partial charge on any atom is 0.123 e. The van der Waals surface area contributed by atoms with Crippen molar-refractivity contribution in [2.45, 2.75) is 24.7 Å². The van der Waals surface area contributed by atoms with E-state index in [-0.39, 0.29) is 11.7 Å². The van der Waals surface area contributed by atoms with Gasteiger partial charge in [-0.05, 0) is 35.9 Å². The van der Waals surface area contributed by atoms with E-state index in [1.807, 2.05) is 24.3 Å². The molecule has 0 saturated heterocycles. The van der Waals surface area contributed by atoms with Crippen LogP contribution in [0.2, 0.25) is 24.2 Å². The number of benzene rings is 2. The van der Waals surface area contributed by atoms with Gasteiger partial charge in [-0.15, -0.1) is 11.6 Å². The van der Waals surface area contributed by atoms with Crippen LogP contribution in [0, 0.1) is 5.82 Å². The molecule has 1 nitrogen and oxygen atoms in total. The topological polar surface area (TPSA) is 20.2 Å². The highest BCUT2D eigenvalue weighted by molar-refractivity contribution is 6.90. The van der Waals surface area contributed by atoms with Crippen molar-refractivity contribution in [2.75, 3.05) is 5.88 Å². The van der Waals surface area contributed by atoms with Gasteiger partial charge in [-0.2, -0.15) is 0 Å². The molecule has 22 heavy (non-hydrogen) atoms. The standard InChI is InChI=1S/C17H19Cl2FOSi/c1-22(2,16-9-5-14(19)6-10-16)12-17(21,11-18)13-3-7-15(20)8-4-13/h3-10,21H,11-12H2,1-2H3. The summed E-state index contributed by atoms with van der Waals surface area (Å²) in [5.74, 6) is -0.252. The summed E-state index contributed by atoms with van der Waals surface area (Å²) >= 11 is 12.0. The predicted octanol–water partition coefficient (Wildman–Crippen LogP) is 4.52. The van der Waals surface area contributed by atoms with E-state index in [4.69, 9.17) is 23.2 Å². The Labute approximate surface area is 141 Å². The van der Waals surface area contributed by atoms with Crippen LogP contribution >= 0.6 is 23.2 Å². The first-order valence-electron chi connectivity index (χ1n) is 7.07. The minimum absolute atomic E-state index is 0.0721. The van der Waals surface area contributed by atoms with E-state index < -0.39 is 13.7 Å². The lowest BCUT2D eigenvalue weighted by atomic mass is 9.98. The second-order valence-corrected chi connectivity index (χ2v) is 11.6. The number of hydrogen-bond donors (Lipinski definition) is 1. The highest BCUT2D eigenvalue weighted by atomic mass is 35.5. The molecular formula is C17H19Cl2FOSi. The summed E-state index contributed by atoms with van der Waals surface area (Å²) in [4.78, 5) is 0. The molecule has 0 spiro atoms. The fourth-order valence-electron chi connectivity index (χ4n) is 2.72. The molecule has 1 N–H and O–H groups in total. The summed E-state index contributed by atoms with van der Waals surface area (Å²) in [7, 11) is -1.94. The number of hydrogen-bond acceptors (Lipinski definition) is 1. The number of alkyl halides is 1. The first kappa shape index (κ1) is 17.5. The normalized spacial score (nSPS) is 14.6. The van der Waals surface area contributed by atoms with Crippen LogP contribution in [-0.4, -0.2) is 19.1 Å². The van der Waals surface area contributed by atoms with Crippen molar-refractivity contribution >= 4 is 36.5 Å². The first-order valence-corrected chi connectivity index (χ1v) is 11.2. The van der Waals surface area contributed by atoms with Crippen LogP contribution in [0.15, 0.2) is 48.5 Å². The van der Waals surface area contributed by atoms with Crippen LogP contribution in [0.1, 0.15) is 5.56 Å². The largest absolute Gasteiger partial charge is 0.384 e. The van der Waals surface area contributed by atoms with E-state index in [1.54, 1.807) is 12.1 Å². The minimum atomic E-state index is -1.94. The summed E-state index contributed by atoms with van der Waals surface area (Å²) in [6, 6.07) is 14.2. The molecule has 0 aliphatic carbocycles. The van der Waals surface area contributed by atoms with Crippen LogP contribution in [0.4, 0.5) is 4.39 Å². The molecule has 2 rings (SSSR count). The van der Waals surface area contributed by atoms with Gasteiger partial charge in [-0.25, -0.2) is 4.39 Å². The Balaban J connectivity index is 2.31. The van der Waals surface area contributed by atoms with Crippen LogP contribution in [0.5, 0.6) is 0 Å². The molecule has 118 valence electrons. The lowest BCUT2D eigenvalue weighted by Crippen LogP contribution is -2.48. The number of aliphatic hydroxyl groups is 1. The zero-order valence-corrected chi connectivity index (χ0v) is 15.1. The second-order valence-electron chi connectivity index (χ2n) is 6.24. The monoisotopic (exact) mass is 356 g/mol. The lowest BCUT2D eigenvalue weighted by molar-refractivity contribution is 0.0810. The molecule has 2 aromatic carbocycles. The molecular weight excluding hydrogens is 338 g/mol. The Morgan fingerprint density at radius 2 is 1.59 bits per heavy atom. The van der Waals surface area contributed by atoms with Gasteiger partial charge in [0.1, 0.15) is 11.4 Å². The molecule has 1 unspecified atom stereocenters. The van der Waals surface area contributed by atoms with E-state index in [2.05, 4.69) is 13.1 Å². The van der Waals surface area contributed by atoms with Crippen molar-refractivity contribution in [3.63, 3.8) is 0 Å². The summed E-state index contributed by atoms with van der Waals surface area (Å²) in [6.45, 7) is 4.36. The Kier molecular flexibility index (Phi) is 5.33.